The number of aryl methyl sites for hydroxylation is 1. The van der Waals surface area contributed by atoms with Crippen molar-refractivity contribution < 1.29 is 24.6 Å². The Hall–Kier alpha value is -2.12. The Morgan fingerprint density at radius 3 is 2.22 bits per heavy atom. The summed E-state index contributed by atoms with van der Waals surface area (Å²) in [7, 11) is 3.91. The van der Waals surface area contributed by atoms with E-state index >= 15 is 0 Å². The zero-order valence-electron chi connectivity index (χ0n) is 16.1. The number of hydrogen-bond acceptors (Lipinski definition) is 4. The van der Waals surface area contributed by atoms with Gasteiger partial charge in [-0.05, 0) is 51.6 Å². The first-order valence-electron chi connectivity index (χ1n) is 8.67. The molecule has 7 nitrogen and oxygen atoms in total. The van der Waals surface area contributed by atoms with Crippen LogP contribution in [0.1, 0.15) is 35.7 Å². The van der Waals surface area contributed by atoms with Gasteiger partial charge in [-0.25, -0.2) is 0 Å². The van der Waals surface area contributed by atoms with Crippen molar-refractivity contribution in [3.05, 3.63) is 34.3 Å². The topological polar surface area (TPSA) is 98.2 Å². The first-order valence-corrected chi connectivity index (χ1v) is 9.04. The molecule has 1 saturated heterocycles. The van der Waals surface area contributed by atoms with Crippen molar-refractivity contribution >= 4 is 29.4 Å². The Morgan fingerprint density at radius 1 is 1.15 bits per heavy atom. The molecule has 0 aromatic heterocycles. The summed E-state index contributed by atoms with van der Waals surface area (Å²) in [6.45, 7) is 3.73. The Morgan fingerprint density at radius 2 is 1.74 bits per heavy atom. The summed E-state index contributed by atoms with van der Waals surface area (Å²) >= 11 is 6.11. The molecule has 0 spiro atoms. The lowest BCUT2D eigenvalue weighted by Crippen LogP contribution is -2.43. The molecule has 1 amide bonds. The molecule has 150 valence electrons. The second-order valence-electron chi connectivity index (χ2n) is 6.92. The second-order valence-corrected chi connectivity index (χ2v) is 7.33. The highest BCUT2D eigenvalue weighted by Crippen LogP contribution is 2.23. The van der Waals surface area contributed by atoms with E-state index in [2.05, 4.69) is 0 Å². The van der Waals surface area contributed by atoms with Gasteiger partial charge in [-0.2, -0.15) is 0 Å². The van der Waals surface area contributed by atoms with Gasteiger partial charge < -0.3 is 20.0 Å². The standard InChI is InChI=1S/C17H23ClN2O3.C2H4O2/c1-11-4-5-12(8-15(11)18)16(21)20-9-13(17(22)23)6-7-14(10-20)19(2)3;1-2(3)4/h4-5,8,13-14H,6-7,9-10H2,1-3H3,(H,22,23);1H3,(H,3,4)/t13-,14+;/m0./s1. The largest absolute Gasteiger partial charge is 0.481 e. The van der Waals surface area contributed by atoms with Crippen LogP contribution < -0.4 is 0 Å². The summed E-state index contributed by atoms with van der Waals surface area (Å²) in [6.07, 6.45) is 1.35. The van der Waals surface area contributed by atoms with Crippen LogP contribution in [-0.4, -0.2) is 71.1 Å². The van der Waals surface area contributed by atoms with Crippen molar-refractivity contribution in [2.24, 2.45) is 5.92 Å². The predicted octanol–water partition coefficient (Wildman–Crippen LogP) is 2.61. The zero-order valence-corrected chi connectivity index (χ0v) is 16.9. The van der Waals surface area contributed by atoms with Crippen LogP contribution in [0.4, 0.5) is 0 Å². The minimum Gasteiger partial charge on any atom is -0.481 e. The minimum absolute atomic E-state index is 0.157. The fourth-order valence-electron chi connectivity index (χ4n) is 2.87. The molecule has 1 heterocycles. The first kappa shape index (κ1) is 22.9. The molecule has 2 N–H and O–H groups in total. The lowest BCUT2D eigenvalue weighted by atomic mass is 10.0. The fourth-order valence-corrected chi connectivity index (χ4v) is 3.05. The first-order chi connectivity index (χ1) is 12.5. The van der Waals surface area contributed by atoms with Gasteiger partial charge in [-0.15, -0.1) is 0 Å². The molecule has 1 aliphatic rings. The number of nitrogens with zero attached hydrogens (tertiary/aromatic N) is 2. The highest BCUT2D eigenvalue weighted by molar-refractivity contribution is 6.31. The van der Waals surface area contributed by atoms with Gasteiger partial charge in [-0.1, -0.05) is 17.7 Å². The number of amides is 1. The van der Waals surface area contributed by atoms with Gasteiger partial charge >= 0.3 is 5.97 Å². The van der Waals surface area contributed by atoms with Crippen LogP contribution in [0.25, 0.3) is 0 Å². The number of aliphatic carboxylic acids is 2. The highest BCUT2D eigenvalue weighted by Gasteiger charge is 2.31. The molecule has 0 radical (unpaired) electrons. The smallest absolute Gasteiger partial charge is 0.308 e. The van der Waals surface area contributed by atoms with Crippen molar-refractivity contribution in [2.75, 3.05) is 27.2 Å². The molecule has 27 heavy (non-hydrogen) atoms. The van der Waals surface area contributed by atoms with E-state index < -0.39 is 17.9 Å². The number of carboxylic acid groups (broad SMARTS) is 2. The summed E-state index contributed by atoms with van der Waals surface area (Å²) < 4.78 is 0. The number of likely N-dealkylation sites (N-methyl/N-ethyl adjacent to an activating group) is 1. The van der Waals surface area contributed by atoms with Gasteiger partial charge in [0.25, 0.3) is 11.9 Å². The third kappa shape index (κ3) is 7.19. The molecule has 2 rings (SSSR count). The van der Waals surface area contributed by atoms with Crippen molar-refractivity contribution in [3.8, 4) is 0 Å². The Balaban J connectivity index is 0.000000828. The number of rotatable bonds is 3. The Kier molecular flexibility index (Phi) is 8.72. The summed E-state index contributed by atoms with van der Waals surface area (Å²) in [5.41, 5.74) is 1.41. The SMILES string of the molecule is CC(=O)O.Cc1ccc(C(=O)N2C[C@@H](C(=O)O)CC[C@@H](N(C)C)C2)cc1Cl. The van der Waals surface area contributed by atoms with Crippen LogP contribution in [0.3, 0.4) is 0 Å². The third-order valence-corrected chi connectivity index (χ3v) is 4.91. The molecule has 0 unspecified atom stereocenters. The van der Waals surface area contributed by atoms with Gasteiger partial charge in [0.2, 0.25) is 0 Å². The molecule has 0 aliphatic carbocycles. The molecule has 0 saturated carbocycles. The van der Waals surface area contributed by atoms with Gasteiger partial charge in [0.15, 0.2) is 0 Å². The van der Waals surface area contributed by atoms with Crippen LogP contribution in [0, 0.1) is 12.8 Å². The normalized spacial score (nSPS) is 19.7. The van der Waals surface area contributed by atoms with Crippen LogP contribution >= 0.6 is 11.6 Å². The molecule has 8 heteroatoms. The summed E-state index contributed by atoms with van der Waals surface area (Å²) in [5.74, 6) is -2.36. The molecule has 1 fully saturated rings. The summed E-state index contributed by atoms with van der Waals surface area (Å²) in [5, 5.41) is 17.3. The number of likely N-dealkylation sites (tertiary alicyclic amines) is 1. The number of carbonyl (C=O) groups excluding carboxylic acids is 1. The second kappa shape index (κ2) is 10.3. The van der Waals surface area contributed by atoms with E-state index in [1.165, 1.54) is 0 Å². The summed E-state index contributed by atoms with van der Waals surface area (Å²) in [4.78, 5) is 36.9. The van der Waals surface area contributed by atoms with Gasteiger partial charge in [0.1, 0.15) is 0 Å². The molecule has 1 aliphatic heterocycles. The maximum absolute atomic E-state index is 12.8. The van der Waals surface area contributed by atoms with Crippen molar-refractivity contribution in [1.29, 1.82) is 0 Å². The Bertz CT molecular complexity index is 689. The average molecular weight is 399 g/mol. The van der Waals surface area contributed by atoms with Gasteiger partial charge in [-0.3, -0.25) is 14.4 Å². The molecular formula is C19H27ClN2O5. The van der Waals surface area contributed by atoms with Crippen molar-refractivity contribution in [1.82, 2.24) is 9.80 Å². The predicted molar refractivity (Wildman–Crippen MR) is 103 cm³/mol. The third-order valence-electron chi connectivity index (χ3n) is 4.51. The van der Waals surface area contributed by atoms with Crippen LogP contribution in [0.15, 0.2) is 18.2 Å². The summed E-state index contributed by atoms with van der Waals surface area (Å²) in [6, 6.07) is 5.37. The molecule has 2 atom stereocenters. The quantitative estimate of drug-likeness (QED) is 0.812. The van der Waals surface area contributed by atoms with Gasteiger partial charge in [0.05, 0.1) is 5.92 Å². The van der Waals surface area contributed by atoms with Crippen LogP contribution in [-0.2, 0) is 9.59 Å². The molecule has 1 aromatic rings. The van der Waals surface area contributed by atoms with E-state index in [4.69, 9.17) is 21.5 Å². The maximum Gasteiger partial charge on any atom is 0.308 e. The van der Waals surface area contributed by atoms with Crippen LogP contribution in [0.2, 0.25) is 5.02 Å². The van der Waals surface area contributed by atoms with E-state index in [0.717, 1.165) is 18.9 Å². The number of hydrogen-bond donors (Lipinski definition) is 2. The fraction of sp³-hybridized carbons (Fsp3) is 0.526. The number of halogens is 1. The lowest BCUT2D eigenvalue weighted by molar-refractivity contribution is -0.142. The number of benzene rings is 1. The average Bonchev–Trinajstić information content (AvgIpc) is 2.79. The van der Waals surface area contributed by atoms with Crippen LogP contribution in [0.5, 0.6) is 0 Å². The highest BCUT2D eigenvalue weighted by atomic mass is 35.5. The zero-order chi connectivity index (χ0) is 20.7. The molecular weight excluding hydrogens is 372 g/mol. The van der Waals surface area contributed by atoms with E-state index in [1.807, 2.05) is 32.0 Å². The van der Waals surface area contributed by atoms with E-state index in [0.29, 0.717) is 23.6 Å². The number of carbonyl (C=O) groups is 3. The molecule has 0 bridgehead atoms. The number of carboxylic acids is 2. The van der Waals surface area contributed by atoms with E-state index in [1.54, 1.807) is 17.0 Å². The monoisotopic (exact) mass is 398 g/mol. The minimum atomic E-state index is -0.843. The maximum atomic E-state index is 12.8. The van der Waals surface area contributed by atoms with Crippen molar-refractivity contribution in [2.45, 2.75) is 32.7 Å². The van der Waals surface area contributed by atoms with Crippen molar-refractivity contribution in [3.63, 3.8) is 0 Å². The molecule has 1 aromatic carbocycles. The lowest BCUT2D eigenvalue weighted by Gasteiger charge is -2.29. The Labute approximate surface area is 164 Å². The van der Waals surface area contributed by atoms with E-state index in [9.17, 15) is 14.7 Å². The van der Waals surface area contributed by atoms with Gasteiger partial charge in [0, 0.05) is 36.6 Å². The van der Waals surface area contributed by atoms with E-state index in [-0.39, 0.29) is 18.5 Å².